The van der Waals surface area contributed by atoms with Gasteiger partial charge in [0, 0.05) is 18.7 Å². The van der Waals surface area contributed by atoms with E-state index in [1.54, 1.807) is 6.07 Å². The number of ether oxygens (including phenoxy) is 1. The largest absolute Gasteiger partial charge is 0.473 e. The molecule has 0 aliphatic carbocycles. The van der Waals surface area contributed by atoms with Gasteiger partial charge in [-0.15, -0.1) is 0 Å². The molecule has 1 spiro atoms. The van der Waals surface area contributed by atoms with Gasteiger partial charge in [0.2, 0.25) is 17.4 Å². The molecule has 0 radical (unpaired) electrons. The molecule has 3 heterocycles. The number of pyridine rings is 1. The second kappa shape index (κ2) is 6.56. The highest BCUT2D eigenvalue weighted by Crippen LogP contribution is 2.39. The average Bonchev–Trinajstić information content (AvgIpc) is 2.95. The van der Waals surface area contributed by atoms with Crippen LogP contribution in [0.4, 0.5) is 5.69 Å². The zero-order valence-electron chi connectivity index (χ0n) is 14.8. The molecule has 3 atom stereocenters. The van der Waals surface area contributed by atoms with Gasteiger partial charge in [-0.25, -0.2) is 0 Å². The molecule has 5 N–H and O–H groups in total. The van der Waals surface area contributed by atoms with Crippen molar-refractivity contribution in [2.45, 2.75) is 44.4 Å². The standard InChI is InChI=1S/C17H23N5O4/c1-9(2)5-10(18)15(24)22-8-17(6-12(22)14(19)23)16(25)21-11-7-20-4-3-13(11)26-17/h3-4,7,9-10,12H,5-6,8,18H2,1-2H3,(H2,19,23)(H,21,25)/t10-,12?,17?/m0/s1. The number of primary amides is 1. The monoisotopic (exact) mass is 361 g/mol. The van der Waals surface area contributed by atoms with Crippen LogP contribution < -0.4 is 21.5 Å². The Morgan fingerprint density at radius 1 is 1.50 bits per heavy atom. The minimum absolute atomic E-state index is 0.0178. The molecule has 1 saturated heterocycles. The molecule has 0 saturated carbocycles. The predicted octanol–water partition coefficient (Wildman–Crippen LogP) is -0.389. The van der Waals surface area contributed by atoms with Gasteiger partial charge in [0.15, 0.2) is 0 Å². The number of hydrogen-bond acceptors (Lipinski definition) is 6. The molecule has 3 rings (SSSR count). The Bertz CT molecular complexity index is 752. The first-order chi connectivity index (χ1) is 12.2. The van der Waals surface area contributed by atoms with Crippen molar-refractivity contribution in [1.82, 2.24) is 9.88 Å². The summed E-state index contributed by atoms with van der Waals surface area (Å²) in [6.07, 6.45) is 3.46. The van der Waals surface area contributed by atoms with Crippen LogP contribution in [0.3, 0.4) is 0 Å². The van der Waals surface area contributed by atoms with Crippen LogP contribution in [0.5, 0.6) is 5.75 Å². The number of fused-ring (bicyclic) bond motifs is 1. The van der Waals surface area contributed by atoms with E-state index in [0.717, 1.165) is 0 Å². The maximum atomic E-state index is 12.8. The Balaban J connectivity index is 1.89. The molecule has 9 nitrogen and oxygen atoms in total. The number of likely N-dealkylation sites (tertiary alicyclic amines) is 1. The molecule has 2 aliphatic heterocycles. The second-order valence-electron chi connectivity index (χ2n) is 7.25. The quantitative estimate of drug-likeness (QED) is 0.667. The Kier molecular flexibility index (Phi) is 4.57. The number of carbonyl (C=O) groups excluding carboxylic acids is 3. The van der Waals surface area contributed by atoms with Crippen molar-refractivity contribution in [2.75, 3.05) is 11.9 Å². The number of hydrogen-bond donors (Lipinski definition) is 3. The highest BCUT2D eigenvalue weighted by molar-refractivity contribution is 6.03. The van der Waals surface area contributed by atoms with Gasteiger partial charge in [0.1, 0.15) is 17.5 Å². The molecular weight excluding hydrogens is 338 g/mol. The van der Waals surface area contributed by atoms with Crippen LogP contribution in [0.15, 0.2) is 18.5 Å². The fraction of sp³-hybridized carbons (Fsp3) is 0.529. The van der Waals surface area contributed by atoms with Gasteiger partial charge in [-0.1, -0.05) is 13.8 Å². The number of anilines is 1. The van der Waals surface area contributed by atoms with Gasteiger partial charge < -0.3 is 26.4 Å². The van der Waals surface area contributed by atoms with E-state index in [1.807, 2.05) is 13.8 Å². The summed E-state index contributed by atoms with van der Waals surface area (Å²) < 4.78 is 5.92. The molecule has 2 aliphatic rings. The zero-order valence-corrected chi connectivity index (χ0v) is 14.8. The summed E-state index contributed by atoms with van der Waals surface area (Å²) in [6, 6.07) is -0.102. The molecule has 9 heteroatoms. The van der Waals surface area contributed by atoms with Crippen LogP contribution in [0.1, 0.15) is 26.7 Å². The van der Waals surface area contributed by atoms with Gasteiger partial charge in [-0.05, 0) is 12.3 Å². The molecule has 0 bridgehead atoms. The van der Waals surface area contributed by atoms with Gasteiger partial charge in [-0.3, -0.25) is 19.4 Å². The van der Waals surface area contributed by atoms with E-state index in [1.165, 1.54) is 17.3 Å². The molecule has 1 fully saturated rings. The predicted molar refractivity (Wildman–Crippen MR) is 93.0 cm³/mol. The van der Waals surface area contributed by atoms with Crippen LogP contribution in [-0.4, -0.2) is 51.8 Å². The van der Waals surface area contributed by atoms with Crippen molar-refractivity contribution in [1.29, 1.82) is 0 Å². The zero-order chi connectivity index (χ0) is 19.1. The third-order valence-electron chi connectivity index (χ3n) is 4.73. The molecule has 3 amide bonds. The lowest BCUT2D eigenvalue weighted by Crippen LogP contribution is -2.54. The summed E-state index contributed by atoms with van der Waals surface area (Å²) in [6.45, 7) is 3.82. The highest BCUT2D eigenvalue weighted by atomic mass is 16.5. The van der Waals surface area contributed by atoms with Crippen LogP contribution in [0, 0.1) is 5.92 Å². The van der Waals surface area contributed by atoms with Crippen molar-refractivity contribution in [3.63, 3.8) is 0 Å². The topological polar surface area (TPSA) is 141 Å². The maximum absolute atomic E-state index is 12.8. The van der Waals surface area contributed by atoms with Crippen molar-refractivity contribution in [3.05, 3.63) is 18.5 Å². The first kappa shape index (κ1) is 18.1. The van der Waals surface area contributed by atoms with Crippen LogP contribution in [0.2, 0.25) is 0 Å². The second-order valence-corrected chi connectivity index (χ2v) is 7.25. The summed E-state index contributed by atoms with van der Waals surface area (Å²) in [4.78, 5) is 42.6. The van der Waals surface area contributed by atoms with Crippen molar-refractivity contribution in [3.8, 4) is 5.75 Å². The molecule has 0 aromatic carbocycles. The lowest BCUT2D eigenvalue weighted by molar-refractivity contribution is -0.139. The number of amides is 3. The molecule has 26 heavy (non-hydrogen) atoms. The van der Waals surface area contributed by atoms with Crippen LogP contribution in [0.25, 0.3) is 0 Å². The SMILES string of the molecule is CC(C)C[C@H](N)C(=O)N1CC2(CC1C(N)=O)Oc1ccncc1NC2=O. The normalized spacial score (nSPS) is 25.6. The highest BCUT2D eigenvalue weighted by Gasteiger charge is 2.56. The lowest BCUT2D eigenvalue weighted by atomic mass is 9.96. The minimum Gasteiger partial charge on any atom is -0.473 e. The van der Waals surface area contributed by atoms with Gasteiger partial charge in [-0.2, -0.15) is 0 Å². The average molecular weight is 361 g/mol. The molecular formula is C17H23N5O4. The molecule has 1 aromatic heterocycles. The van der Waals surface area contributed by atoms with Gasteiger partial charge in [0.25, 0.3) is 5.91 Å². The van der Waals surface area contributed by atoms with Crippen molar-refractivity contribution < 1.29 is 19.1 Å². The Hall–Kier alpha value is -2.68. The maximum Gasteiger partial charge on any atom is 0.270 e. The van der Waals surface area contributed by atoms with Crippen LogP contribution >= 0.6 is 0 Å². The van der Waals surface area contributed by atoms with E-state index in [2.05, 4.69) is 10.3 Å². The van der Waals surface area contributed by atoms with Crippen molar-refractivity contribution >= 4 is 23.4 Å². The summed E-state index contributed by atoms with van der Waals surface area (Å²) in [5, 5.41) is 2.73. The van der Waals surface area contributed by atoms with E-state index in [9.17, 15) is 14.4 Å². The molecule has 1 aromatic rings. The Morgan fingerprint density at radius 3 is 2.88 bits per heavy atom. The van der Waals surface area contributed by atoms with Crippen LogP contribution in [-0.2, 0) is 14.4 Å². The minimum atomic E-state index is -1.37. The van der Waals surface area contributed by atoms with E-state index < -0.39 is 35.4 Å². The smallest absolute Gasteiger partial charge is 0.270 e. The third kappa shape index (κ3) is 3.10. The first-order valence-electron chi connectivity index (χ1n) is 8.53. The molecule has 2 unspecified atom stereocenters. The number of rotatable bonds is 4. The fourth-order valence-corrected chi connectivity index (χ4v) is 3.48. The number of nitrogens with zero attached hydrogens (tertiary/aromatic N) is 2. The Morgan fingerprint density at radius 2 is 2.23 bits per heavy atom. The summed E-state index contributed by atoms with van der Waals surface area (Å²) in [5.74, 6) is -0.882. The number of nitrogens with one attached hydrogen (secondary N) is 1. The molecule has 140 valence electrons. The van der Waals surface area contributed by atoms with E-state index >= 15 is 0 Å². The summed E-state index contributed by atoms with van der Waals surface area (Å²) in [7, 11) is 0. The first-order valence-corrected chi connectivity index (χ1v) is 8.53. The Labute approximate surface area is 151 Å². The van der Waals surface area contributed by atoms with E-state index in [0.29, 0.717) is 17.9 Å². The van der Waals surface area contributed by atoms with E-state index in [4.69, 9.17) is 16.2 Å². The summed E-state index contributed by atoms with van der Waals surface area (Å²) >= 11 is 0. The van der Waals surface area contributed by atoms with Gasteiger partial charge >= 0.3 is 0 Å². The number of nitrogens with two attached hydrogens (primary N) is 2. The van der Waals surface area contributed by atoms with Gasteiger partial charge in [0.05, 0.1) is 18.8 Å². The third-order valence-corrected chi connectivity index (χ3v) is 4.73. The summed E-state index contributed by atoms with van der Waals surface area (Å²) in [5.41, 5.74) is 10.6. The lowest BCUT2D eigenvalue weighted by Gasteiger charge is -2.34. The van der Waals surface area contributed by atoms with Crippen molar-refractivity contribution in [2.24, 2.45) is 17.4 Å². The number of carbonyl (C=O) groups is 3. The number of aromatic nitrogens is 1. The van der Waals surface area contributed by atoms with E-state index in [-0.39, 0.29) is 18.9 Å². The fourth-order valence-electron chi connectivity index (χ4n) is 3.48.